The Kier molecular flexibility index (Phi) is 4.28. The predicted octanol–water partition coefficient (Wildman–Crippen LogP) is 2.42. The molecule has 9 heteroatoms. The van der Waals surface area contributed by atoms with E-state index in [1.54, 1.807) is 0 Å². The highest BCUT2D eigenvalue weighted by atomic mass is 19.4. The van der Waals surface area contributed by atoms with Crippen LogP contribution in [0.5, 0.6) is 11.6 Å². The summed E-state index contributed by atoms with van der Waals surface area (Å²) in [6, 6.07) is 0.440. The number of halogens is 5. The van der Waals surface area contributed by atoms with Gasteiger partial charge in [0.1, 0.15) is 5.69 Å². The smallest absolute Gasteiger partial charge is 0.481 e. The highest BCUT2D eigenvalue weighted by molar-refractivity contribution is 5.39. The number of aromatic nitrogens is 1. The van der Waals surface area contributed by atoms with E-state index in [1.165, 1.54) is 0 Å². The Balaban J connectivity index is 3.27. The van der Waals surface area contributed by atoms with Gasteiger partial charge < -0.3 is 14.6 Å². The van der Waals surface area contributed by atoms with Gasteiger partial charge in [-0.15, -0.1) is 13.2 Å². The quantitative estimate of drug-likeness (QED) is 0.856. The SMILES string of the molecule is COc1nc(CO)c(OC(F)(F)F)cc1C(F)F. The molecule has 1 N–H and O–H groups in total. The first-order valence-corrected chi connectivity index (χ1v) is 4.51. The van der Waals surface area contributed by atoms with Crippen molar-refractivity contribution in [1.29, 1.82) is 0 Å². The molecule has 0 unspecified atom stereocenters. The minimum Gasteiger partial charge on any atom is -0.481 e. The molecule has 1 aromatic rings. The van der Waals surface area contributed by atoms with E-state index in [-0.39, 0.29) is 0 Å². The zero-order chi connectivity index (χ0) is 13.9. The highest BCUT2D eigenvalue weighted by Gasteiger charge is 2.33. The summed E-state index contributed by atoms with van der Waals surface area (Å²) in [5.74, 6) is -1.55. The summed E-state index contributed by atoms with van der Waals surface area (Å²) in [6.07, 6.45) is -8.16. The largest absolute Gasteiger partial charge is 0.573 e. The first-order valence-electron chi connectivity index (χ1n) is 4.51. The molecule has 0 saturated heterocycles. The molecule has 0 amide bonds. The number of rotatable bonds is 4. The molecule has 0 saturated carbocycles. The van der Waals surface area contributed by atoms with E-state index in [0.29, 0.717) is 6.07 Å². The van der Waals surface area contributed by atoms with Crippen molar-refractivity contribution in [2.45, 2.75) is 19.4 Å². The monoisotopic (exact) mass is 273 g/mol. The van der Waals surface area contributed by atoms with Gasteiger partial charge in [-0.1, -0.05) is 0 Å². The minimum absolute atomic E-state index is 0.440. The summed E-state index contributed by atoms with van der Waals surface area (Å²) in [6.45, 7) is -0.911. The van der Waals surface area contributed by atoms with E-state index in [2.05, 4.69) is 14.5 Å². The summed E-state index contributed by atoms with van der Waals surface area (Å²) >= 11 is 0. The third-order valence-corrected chi connectivity index (χ3v) is 1.86. The summed E-state index contributed by atoms with van der Waals surface area (Å²) in [5, 5.41) is 8.81. The average Bonchev–Trinajstić information content (AvgIpc) is 2.26. The van der Waals surface area contributed by atoms with E-state index >= 15 is 0 Å². The summed E-state index contributed by atoms with van der Waals surface area (Å²) in [5.41, 5.74) is -1.40. The number of alkyl halides is 5. The number of methoxy groups -OCH3 is 1. The van der Waals surface area contributed by atoms with Crippen molar-refractivity contribution in [2.24, 2.45) is 0 Å². The van der Waals surface area contributed by atoms with Crippen LogP contribution in [0.1, 0.15) is 17.7 Å². The molecule has 1 heterocycles. The lowest BCUT2D eigenvalue weighted by Gasteiger charge is -2.15. The van der Waals surface area contributed by atoms with Crippen LogP contribution in [0.25, 0.3) is 0 Å². The Morgan fingerprint density at radius 2 is 2.00 bits per heavy atom. The maximum absolute atomic E-state index is 12.5. The second kappa shape index (κ2) is 5.34. The number of aliphatic hydroxyl groups excluding tert-OH is 1. The number of ether oxygens (including phenoxy) is 2. The second-order valence-corrected chi connectivity index (χ2v) is 3.04. The minimum atomic E-state index is -5.07. The molecule has 0 spiro atoms. The first kappa shape index (κ1) is 14.4. The lowest BCUT2D eigenvalue weighted by atomic mass is 10.2. The van der Waals surface area contributed by atoms with Crippen molar-refractivity contribution in [3.8, 4) is 11.6 Å². The van der Waals surface area contributed by atoms with Gasteiger partial charge in [0.05, 0.1) is 19.3 Å². The third kappa shape index (κ3) is 3.42. The van der Waals surface area contributed by atoms with Gasteiger partial charge in [0.2, 0.25) is 5.88 Å². The van der Waals surface area contributed by atoms with Crippen LogP contribution in [0.15, 0.2) is 6.07 Å². The Hall–Kier alpha value is -1.64. The summed E-state index contributed by atoms with van der Waals surface area (Å²) in [7, 11) is 1.03. The summed E-state index contributed by atoms with van der Waals surface area (Å²) in [4.78, 5) is 3.34. The molecule has 1 rings (SSSR count). The average molecular weight is 273 g/mol. The molecule has 0 aliphatic rings. The number of nitrogens with zero attached hydrogens (tertiary/aromatic N) is 1. The maximum Gasteiger partial charge on any atom is 0.573 e. The second-order valence-electron chi connectivity index (χ2n) is 3.04. The van der Waals surface area contributed by atoms with E-state index in [9.17, 15) is 22.0 Å². The Morgan fingerprint density at radius 1 is 1.39 bits per heavy atom. The first-order chi connectivity index (χ1) is 8.28. The van der Waals surface area contributed by atoms with Gasteiger partial charge in [0.25, 0.3) is 6.43 Å². The fraction of sp³-hybridized carbons (Fsp3) is 0.444. The number of hydrogen-bond donors (Lipinski definition) is 1. The van der Waals surface area contributed by atoms with Crippen molar-refractivity contribution in [3.63, 3.8) is 0 Å². The molecule has 102 valence electrons. The predicted molar refractivity (Wildman–Crippen MR) is 48.4 cm³/mol. The van der Waals surface area contributed by atoms with Crippen LogP contribution in [0.2, 0.25) is 0 Å². The van der Waals surface area contributed by atoms with E-state index in [1.807, 2.05) is 0 Å². The molecule has 0 atom stereocenters. The molecule has 4 nitrogen and oxygen atoms in total. The van der Waals surface area contributed by atoms with E-state index in [4.69, 9.17) is 5.11 Å². The van der Waals surface area contributed by atoms with Crippen LogP contribution in [-0.2, 0) is 6.61 Å². The van der Waals surface area contributed by atoms with Gasteiger partial charge in [-0.25, -0.2) is 13.8 Å². The third-order valence-electron chi connectivity index (χ3n) is 1.86. The number of aliphatic hydroxyl groups is 1. The molecular formula is C9H8F5NO3. The van der Waals surface area contributed by atoms with Crippen molar-refractivity contribution in [1.82, 2.24) is 4.98 Å². The van der Waals surface area contributed by atoms with Gasteiger partial charge in [0.15, 0.2) is 5.75 Å². The lowest BCUT2D eigenvalue weighted by molar-refractivity contribution is -0.275. The highest BCUT2D eigenvalue weighted by Crippen LogP contribution is 2.34. The molecule has 0 bridgehead atoms. The van der Waals surface area contributed by atoms with Crippen LogP contribution >= 0.6 is 0 Å². The van der Waals surface area contributed by atoms with E-state index < -0.39 is 42.3 Å². The molecule has 0 aliphatic carbocycles. The Morgan fingerprint density at radius 3 is 2.39 bits per heavy atom. The van der Waals surface area contributed by atoms with Crippen LogP contribution in [-0.4, -0.2) is 23.6 Å². The van der Waals surface area contributed by atoms with Gasteiger partial charge >= 0.3 is 6.36 Å². The Bertz CT molecular complexity index is 421. The van der Waals surface area contributed by atoms with Gasteiger partial charge in [-0.2, -0.15) is 0 Å². The van der Waals surface area contributed by atoms with Crippen LogP contribution < -0.4 is 9.47 Å². The fourth-order valence-electron chi connectivity index (χ4n) is 1.17. The maximum atomic E-state index is 12.5. The molecule has 18 heavy (non-hydrogen) atoms. The summed E-state index contributed by atoms with van der Waals surface area (Å²) < 4.78 is 69.2. The zero-order valence-corrected chi connectivity index (χ0v) is 8.96. The van der Waals surface area contributed by atoms with Gasteiger partial charge in [-0.05, 0) is 6.07 Å². The van der Waals surface area contributed by atoms with Crippen molar-refractivity contribution in [3.05, 3.63) is 17.3 Å². The standard InChI is InChI=1S/C9H8F5NO3/c1-17-8-4(7(10)11)2-6(5(3-16)15-8)18-9(12,13)14/h2,7,16H,3H2,1H3. The molecule has 0 aliphatic heterocycles. The normalized spacial score (nSPS) is 11.8. The van der Waals surface area contributed by atoms with Crippen LogP contribution in [0, 0.1) is 0 Å². The molecule has 1 aromatic heterocycles. The topological polar surface area (TPSA) is 51.6 Å². The molecule has 0 fully saturated rings. The lowest BCUT2D eigenvalue weighted by Crippen LogP contribution is -2.19. The Labute approximate surface area is 98.0 Å². The van der Waals surface area contributed by atoms with Crippen LogP contribution in [0.4, 0.5) is 22.0 Å². The zero-order valence-electron chi connectivity index (χ0n) is 8.96. The van der Waals surface area contributed by atoms with Crippen molar-refractivity contribution < 1.29 is 36.5 Å². The molecular weight excluding hydrogens is 265 g/mol. The van der Waals surface area contributed by atoms with Gasteiger partial charge in [0, 0.05) is 0 Å². The fourth-order valence-corrected chi connectivity index (χ4v) is 1.17. The molecule has 0 radical (unpaired) electrons. The van der Waals surface area contributed by atoms with E-state index in [0.717, 1.165) is 7.11 Å². The van der Waals surface area contributed by atoms with Crippen LogP contribution in [0.3, 0.4) is 0 Å². The molecule has 0 aromatic carbocycles. The number of pyridine rings is 1. The van der Waals surface area contributed by atoms with Gasteiger partial charge in [-0.3, -0.25) is 0 Å². The van der Waals surface area contributed by atoms with Crippen molar-refractivity contribution in [2.75, 3.05) is 7.11 Å². The van der Waals surface area contributed by atoms with Crippen molar-refractivity contribution >= 4 is 0 Å². The number of hydrogen-bond acceptors (Lipinski definition) is 4.